The minimum absolute atomic E-state index is 0. The molecular formula is C77H106Cl4N26. The van der Waals surface area contributed by atoms with Gasteiger partial charge in [-0.15, -0.1) is 0 Å². The summed E-state index contributed by atoms with van der Waals surface area (Å²) >= 11 is 24.2. The van der Waals surface area contributed by atoms with E-state index in [0.29, 0.717) is 63.7 Å². The van der Waals surface area contributed by atoms with Crippen LogP contribution in [-0.2, 0) is 0 Å². The average Bonchev–Trinajstić information content (AvgIpc) is 0.858. The van der Waals surface area contributed by atoms with Crippen molar-refractivity contribution in [2.24, 2.45) is 42.9 Å². The van der Waals surface area contributed by atoms with Gasteiger partial charge in [0.1, 0.15) is 23.3 Å². The van der Waals surface area contributed by atoms with Crippen LogP contribution in [0.5, 0.6) is 0 Å². The van der Waals surface area contributed by atoms with Crippen LogP contribution in [0.3, 0.4) is 0 Å². The van der Waals surface area contributed by atoms with Crippen LogP contribution in [0, 0.1) is 41.5 Å². The summed E-state index contributed by atoms with van der Waals surface area (Å²) in [5.41, 5.74) is 33.2. The summed E-state index contributed by atoms with van der Waals surface area (Å²) in [4.78, 5) is 48.9. The molecule has 8 aromatic rings. The predicted molar refractivity (Wildman–Crippen MR) is 450 cm³/mol. The smallest absolute Gasteiger partial charge is 0.254 e. The zero-order chi connectivity index (χ0) is 75.5. The quantitative estimate of drug-likeness (QED) is 0.0280. The summed E-state index contributed by atoms with van der Waals surface area (Å²) in [5.74, 6) is 6.06. The second-order valence-corrected chi connectivity index (χ2v) is 28.2. The van der Waals surface area contributed by atoms with E-state index in [0.717, 1.165) is 206 Å². The van der Waals surface area contributed by atoms with Gasteiger partial charge in [0.15, 0.2) is 23.6 Å². The van der Waals surface area contributed by atoms with Gasteiger partial charge in [0.2, 0.25) is 11.9 Å². The maximum atomic E-state index is 6.08. The van der Waals surface area contributed by atoms with Crippen molar-refractivity contribution in [2.45, 2.75) is 138 Å². The molecule has 572 valence electrons. The maximum Gasteiger partial charge on any atom is 0.254 e. The molecule has 26 nitrogen and oxygen atoms in total. The molecule has 0 atom stereocenters. The second-order valence-electron chi connectivity index (χ2n) is 26.6. The molecule has 12 rings (SSSR count). The van der Waals surface area contributed by atoms with Crippen LogP contribution < -0.4 is 76.1 Å². The highest BCUT2D eigenvalue weighted by Crippen LogP contribution is 2.27. The van der Waals surface area contributed by atoms with Gasteiger partial charge in [-0.05, 0) is 263 Å². The number of guanidine groups is 4. The molecule has 0 amide bonds. The minimum atomic E-state index is 0. The number of aryl methyl sites for hydroxylation is 6. The van der Waals surface area contributed by atoms with E-state index >= 15 is 0 Å². The number of hydrogen-bond donors (Lipinski definition) is 14. The lowest BCUT2D eigenvalue weighted by Gasteiger charge is -2.31. The fourth-order valence-corrected chi connectivity index (χ4v) is 12.6. The van der Waals surface area contributed by atoms with Crippen LogP contribution in [0.4, 0.5) is 69.6 Å². The Labute approximate surface area is 650 Å². The average molecular weight is 1540 g/mol. The van der Waals surface area contributed by atoms with Gasteiger partial charge in [0.05, 0.1) is 0 Å². The van der Waals surface area contributed by atoms with Crippen LogP contribution in [0.15, 0.2) is 141 Å². The number of nitrogens with two attached hydrogens (primary N) is 4. The van der Waals surface area contributed by atoms with E-state index in [4.69, 9.17) is 69.3 Å². The molecule has 30 heteroatoms. The van der Waals surface area contributed by atoms with Crippen molar-refractivity contribution in [1.29, 1.82) is 0 Å². The number of piperidine rings is 4. The summed E-state index contributed by atoms with van der Waals surface area (Å²) in [6.45, 7) is 27.0. The summed E-state index contributed by atoms with van der Waals surface area (Å²) in [7, 11) is 0. The Bertz CT molecular complexity index is 4010. The number of rotatable bonds is 18. The SMILES string of the molecule is C.CCN1CCC(Nc2cc(C)cc(N=C(N)Nc3ccc(Cl)c(C)c3)n2)CC1.CCN1CCC(Nc2cc(C)nc(N=C(N)Nc3ccc(Cl)c(C)c3)n2)CC1.Cc1cc(NC(N)=Nc2cccc(NC3CCNCC3)n2)ccc1Cl.Cc1cc(NC(N)=Nc2nccc(NC3CCNCC3)n2)ccc1Cl. The molecule has 0 radical (unpaired) electrons. The number of halogens is 4. The molecule has 0 spiro atoms. The van der Waals surface area contributed by atoms with Gasteiger partial charge >= 0.3 is 0 Å². The van der Waals surface area contributed by atoms with Gasteiger partial charge in [-0.3, -0.25) is 0 Å². The van der Waals surface area contributed by atoms with E-state index in [1.54, 1.807) is 6.20 Å². The molecule has 4 fully saturated rings. The largest absolute Gasteiger partial charge is 0.369 e. The van der Waals surface area contributed by atoms with Crippen LogP contribution >= 0.6 is 46.4 Å². The number of benzene rings is 4. The molecule has 4 aliphatic heterocycles. The number of aliphatic imine (C=N–C) groups is 4. The van der Waals surface area contributed by atoms with Crippen LogP contribution in [0.2, 0.25) is 20.1 Å². The van der Waals surface area contributed by atoms with Gasteiger partial charge in [-0.25, -0.2) is 19.9 Å². The fourth-order valence-electron chi connectivity index (χ4n) is 12.1. The number of aromatic nitrogens is 6. The van der Waals surface area contributed by atoms with Crippen molar-refractivity contribution in [3.05, 3.63) is 175 Å². The molecule has 107 heavy (non-hydrogen) atoms. The molecule has 0 saturated carbocycles. The number of hydrogen-bond acceptors (Lipinski definition) is 18. The molecule has 4 aromatic heterocycles. The van der Waals surface area contributed by atoms with E-state index in [-0.39, 0.29) is 25.3 Å². The Morgan fingerprint density at radius 3 is 1.21 bits per heavy atom. The molecule has 4 aliphatic rings. The third-order valence-electron chi connectivity index (χ3n) is 18.0. The van der Waals surface area contributed by atoms with Gasteiger partial charge in [-0.1, -0.05) is 73.7 Å². The maximum absolute atomic E-state index is 6.08. The second kappa shape index (κ2) is 42.2. The minimum Gasteiger partial charge on any atom is -0.369 e. The standard InChI is InChI=1S/C21H29ClN6.C20H28ClN7.C18H23ClN6.C17H22ClN7.CH4/c1-4-28-9-7-16(8-10-28)24-19-11-14(2)12-20(26-19)27-21(23)25-17-5-6-18(22)15(3)13-17;1-4-28-9-7-15(8-10-28)24-18-12-14(3)23-20(26-18)27-19(22)25-16-5-6-17(21)13(2)11-16;1-12-11-14(5-6-15(12)19)23-18(20)25-17-4-2-3-16(24-17)22-13-7-9-21-10-8-13;1-11-10-13(2-3-14(11)18)23-16(19)25-17-21-9-6-15(24-17)22-12-4-7-20-8-5-12;/h5-6,11-13,16H,4,7-10H2,1-3H3,(H4,23,24,25,26,27);5-6,11-12,15H,4,7-10H2,1-3H3,(H4,22,23,24,25,26,27);2-6,11,13,21H,7-10H2,1H3,(H4,20,22,23,24,25);2-3,6,9-10,12,20H,4-5,7-8H2,1H3,(H4,19,21,22,23,24,25);1H4. The van der Waals surface area contributed by atoms with Crippen molar-refractivity contribution in [3.8, 4) is 0 Å². The number of nitrogens with one attached hydrogen (secondary N) is 10. The third kappa shape index (κ3) is 28.4. The Kier molecular flexibility index (Phi) is 32.9. The lowest BCUT2D eigenvalue weighted by atomic mass is 10.1. The molecular weight excluding hydrogens is 1430 g/mol. The number of nitrogens with zero attached hydrogens (tertiary/aromatic N) is 12. The fraction of sp³-hybridized carbons (Fsp3) is 0.403. The Morgan fingerprint density at radius 1 is 0.411 bits per heavy atom. The van der Waals surface area contributed by atoms with Crippen molar-refractivity contribution >= 4 is 140 Å². The molecule has 0 unspecified atom stereocenters. The first-order chi connectivity index (χ1) is 51.0. The van der Waals surface area contributed by atoms with Gasteiger partial charge in [0.25, 0.3) is 11.9 Å². The Morgan fingerprint density at radius 2 is 0.776 bits per heavy atom. The first-order valence-corrected chi connectivity index (χ1v) is 37.6. The monoisotopic (exact) mass is 1530 g/mol. The first kappa shape index (κ1) is 83.3. The predicted octanol–water partition coefficient (Wildman–Crippen LogP) is 14.6. The molecule has 0 aliphatic carbocycles. The molecule has 0 bridgehead atoms. The normalized spacial score (nSPS) is 15.9. The van der Waals surface area contributed by atoms with Gasteiger partial charge in [-0.2, -0.15) is 29.9 Å². The van der Waals surface area contributed by atoms with Crippen molar-refractivity contribution in [3.63, 3.8) is 0 Å². The lowest BCUT2D eigenvalue weighted by Crippen LogP contribution is -2.39. The van der Waals surface area contributed by atoms with E-state index in [2.05, 4.69) is 133 Å². The summed E-state index contributed by atoms with van der Waals surface area (Å²) in [6, 6.07) is 37.6. The highest BCUT2D eigenvalue weighted by molar-refractivity contribution is 6.32. The summed E-state index contributed by atoms with van der Waals surface area (Å²) in [6.07, 6.45) is 10.5. The lowest BCUT2D eigenvalue weighted by molar-refractivity contribution is 0.229. The van der Waals surface area contributed by atoms with E-state index in [1.807, 2.05) is 151 Å². The summed E-state index contributed by atoms with van der Waals surface area (Å²) in [5, 5.41) is 35.8. The summed E-state index contributed by atoms with van der Waals surface area (Å²) < 4.78 is 0. The molecule has 18 N–H and O–H groups in total. The Hall–Kier alpha value is -9.38. The van der Waals surface area contributed by atoms with Crippen LogP contribution in [0.25, 0.3) is 0 Å². The highest BCUT2D eigenvalue weighted by atomic mass is 35.5. The van der Waals surface area contributed by atoms with Crippen LogP contribution in [-0.4, -0.2) is 153 Å². The van der Waals surface area contributed by atoms with Crippen molar-refractivity contribution in [2.75, 3.05) is 108 Å². The Balaban J connectivity index is 0.000000180. The molecule has 4 saturated heterocycles. The third-order valence-corrected chi connectivity index (χ3v) is 19.7. The number of pyridine rings is 2. The zero-order valence-corrected chi connectivity index (χ0v) is 64.8. The highest BCUT2D eigenvalue weighted by Gasteiger charge is 2.21. The van der Waals surface area contributed by atoms with Crippen molar-refractivity contribution < 1.29 is 0 Å². The zero-order valence-electron chi connectivity index (χ0n) is 61.8. The van der Waals surface area contributed by atoms with Crippen LogP contribution in [0.1, 0.15) is 106 Å². The van der Waals surface area contributed by atoms with Gasteiger partial charge < -0.3 is 85.9 Å². The topological polar surface area (TPSA) is 358 Å². The van der Waals surface area contributed by atoms with Crippen molar-refractivity contribution in [1.82, 2.24) is 50.3 Å². The van der Waals surface area contributed by atoms with E-state index < -0.39 is 0 Å². The van der Waals surface area contributed by atoms with E-state index in [9.17, 15) is 0 Å². The molecule has 4 aromatic carbocycles. The van der Waals surface area contributed by atoms with E-state index in [1.165, 1.54) is 0 Å². The first-order valence-electron chi connectivity index (χ1n) is 36.1. The molecule has 8 heterocycles. The number of anilines is 8. The number of likely N-dealkylation sites (tertiary alicyclic amines) is 2. The van der Waals surface area contributed by atoms with Gasteiger partial charge in [0, 0.05) is 111 Å².